The lowest BCUT2D eigenvalue weighted by atomic mass is 10.1. The number of hydrogen-bond donors (Lipinski definition) is 3. The number of carboxylic acid groups (broad SMARTS) is 1. The number of nitrogens with one attached hydrogen (secondary N) is 2. The van der Waals surface area contributed by atoms with Gasteiger partial charge in [0.25, 0.3) is 0 Å². The van der Waals surface area contributed by atoms with Crippen molar-refractivity contribution in [2.24, 2.45) is 5.92 Å². The molecule has 2 heterocycles. The van der Waals surface area contributed by atoms with Crippen molar-refractivity contribution in [1.29, 1.82) is 0 Å². The Morgan fingerprint density at radius 1 is 1.53 bits per heavy atom. The maximum atomic E-state index is 10.9. The second-order valence-corrected chi connectivity index (χ2v) is 5.01. The predicted molar refractivity (Wildman–Crippen MR) is 59.9 cm³/mol. The molecule has 4 nitrogen and oxygen atoms in total. The summed E-state index contributed by atoms with van der Waals surface area (Å²) in [6.07, 6.45) is 2.59. The van der Waals surface area contributed by atoms with Crippen LogP contribution in [0.15, 0.2) is 5.38 Å². The molecule has 0 bridgehead atoms. The van der Waals surface area contributed by atoms with E-state index in [9.17, 15) is 4.79 Å². The van der Waals surface area contributed by atoms with E-state index in [0.29, 0.717) is 10.9 Å². The first kappa shape index (κ1) is 9.03. The lowest BCUT2D eigenvalue weighted by Crippen LogP contribution is -2.34. The van der Waals surface area contributed by atoms with Gasteiger partial charge in [0, 0.05) is 18.0 Å². The van der Waals surface area contributed by atoms with Crippen LogP contribution >= 0.6 is 11.3 Å². The fraction of sp³-hybridized carbons (Fsp3) is 0.500. The van der Waals surface area contributed by atoms with Crippen molar-refractivity contribution >= 4 is 28.7 Å². The lowest BCUT2D eigenvalue weighted by molar-refractivity contribution is 0.0703. The standard InChI is InChI=1S/C10H12N2O2S/c13-10(14)9-8-7(4-15-9)12-6(3-11-8)5-1-2-5/h4-6,11-12H,1-3H2,(H,13,14). The Labute approximate surface area is 91.3 Å². The predicted octanol–water partition coefficient (Wildman–Crippen LogP) is 2.06. The summed E-state index contributed by atoms with van der Waals surface area (Å²) in [7, 11) is 0. The topological polar surface area (TPSA) is 61.4 Å². The van der Waals surface area contributed by atoms with Crippen molar-refractivity contribution in [3.63, 3.8) is 0 Å². The van der Waals surface area contributed by atoms with E-state index in [1.807, 2.05) is 5.38 Å². The largest absolute Gasteiger partial charge is 0.477 e. The Morgan fingerprint density at radius 2 is 2.33 bits per heavy atom. The number of carboxylic acids is 1. The third-order valence-electron chi connectivity index (χ3n) is 3.02. The van der Waals surface area contributed by atoms with Crippen LogP contribution in [-0.2, 0) is 0 Å². The third kappa shape index (κ3) is 1.47. The average molecular weight is 224 g/mol. The van der Waals surface area contributed by atoms with Crippen molar-refractivity contribution in [2.45, 2.75) is 18.9 Å². The van der Waals surface area contributed by atoms with E-state index in [1.54, 1.807) is 0 Å². The fourth-order valence-corrected chi connectivity index (χ4v) is 2.87. The van der Waals surface area contributed by atoms with E-state index in [-0.39, 0.29) is 0 Å². The maximum Gasteiger partial charge on any atom is 0.348 e. The minimum atomic E-state index is -0.847. The molecule has 0 amide bonds. The van der Waals surface area contributed by atoms with Gasteiger partial charge in [0.2, 0.25) is 0 Å². The molecule has 0 radical (unpaired) electrons. The van der Waals surface area contributed by atoms with Gasteiger partial charge in [-0.1, -0.05) is 0 Å². The van der Waals surface area contributed by atoms with Crippen molar-refractivity contribution in [3.8, 4) is 0 Å². The number of fused-ring (bicyclic) bond motifs is 1. The molecule has 3 rings (SSSR count). The zero-order valence-corrected chi connectivity index (χ0v) is 8.93. The number of anilines is 2. The van der Waals surface area contributed by atoms with Crippen molar-refractivity contribution in [3.05, 3.63) is 10.3 Å². The summed E-state index contributed by atoms with van der Waals surface area (Å²) in [6.45, 7) is 0.842. The Morgan fingerprint density at radius 3 is 3.00 bits per heavy atom. The highest BCUT2D eigenvalue weighted by molar-refractivity contribution is 7.13. The molecule has 1 aliphatic heterocycles. The molecule has 0 saturated heterocycles. The van der Waals surface area contributed by atoms with Crippen LogP contribution in [0.4, 0.5) is 11.4 Å². The summed E-state index contributed by atoms with van der Waals surface area (Å²) in [6, 6.07) is 0.480. The molecule has 80 valence electrons. The molecule has 1 fully saturated rings. The highest BCUT2D eigenvalue weighted by Crippen LogP contribution is 2.41. The molecular formula is C10H12N2O2S. The number of carbonyl (C=O) groups is 1. The van der Waals surface area contributed by atoms with Gasteiger partial charge in [0.1, 0.15) is 4.88 Å². The SMILES string of the molecule is O=C(O)c1scc2c1NCC(C1CC1)N2. The van der Waals surface area contributed by atoms with E-state index >= 15 is 0 Å². The van der Waals surface area contributed by atoms with E-state index < -0.39 is 5.97 Å². The van der Waals surface area contributed by atoms with Crippen LogP contribution in [0, 0.1) is 5.92 Å². The molecule has 0 aromatic carbocycles. The normalized spacial score (nSPS) is 23.9. The smallest absolute Gasteiger partial charge is 0.348 e. The van der Waals surface area contributed by atoms with Crippen molar-refractivity contribution in [2.75, 3.05) is 17.2 Å². The Hall–Kier alpha value is -1.23. The molecule has 1 aliphatic carbocycles. The van der Waals surface area contributed by atoms with Crippen LogP contribution in [-0.4, -0.2) is 23.7 Å². The average Bonchev–Trinajstić information content (AvgIpc) is 2.97. The van der Waals surface area contributed by atoms with E-state index in [4.69, 9.17) is 5.11 Å². The first-order valence-electron chi connectivity index (χ1n) is 5.11. The number of rotatable bonds is 2. The summed E-state index contributed by atoms with van der Waals surface area (Å²) < 4.78 is 0. The summed E-state index contributed by atoms with van der Waals surface area (Å²) in [4.78, 5) is 11.3. The molecule has 1 atom stereocenters. The quantitative estimate of drug-likeness (QED) is 0.719. The van der Waals surface area contributed by atoms with Gasteiger partial charge in [-0.2, -0.15) is 0 Å². The van der Waals surface area contributed by atoms with E-state index in [1.165, 1.54) is 24.2 Å². The lowest BCUT2D eigenvalue weighted by Gasteiger charge is -2.26. The minimum absolute atomic E-state index is 0.409. The first-order chi connectivity index (χ1) is 7.25. The van der Waals surface area contributed by atoms with Crippen LogP contribution in [0.2, 0.25) is 0 Å². The van der Waals surface area contributed by atoms with Gasteiger partial charge in [-0.25, -0.2) is 4.79 Å². The van der Waals surface area contributed by atoms with E-state index in [0.717, 1.165) is 23.8 Å². The Kier molecular flexibility index (Phi) is 1.88. The van der Waals surface area contributed by atoms with E-state index in [2.05, 4.69) is 10.6 Å². The second-order valence-electron chi connectivity index (χ2n) is 4.13. The van der Waals surface area contributed by atoms with Crippen LogP contribution in [0.5, 0.6) is 0 Å². The zero-order valence-electron chi connectivity index (χ0n) is 8.12. The van der Waals surface area contributed by atoms with Crippen LogP contribution in [0.1, 0.15) is 22.5 Å². The Balaban J connectivity index is 1.87. The molecule has 3 N–H and O–H groups in total. The number of thiophene rings is 1. The van der Waals surface area contributed by atoms with Gasteiger partial charge in [-0.15, -0.1) is 11.3 Å². The van der Waals surface area contributed by atoms with Gasteiger partial charge in [0.15, 0.2) is 0 Å². The van der Waals surface area contributed by atoms with Crippen LogP contribution < -0.4 is 10.6 Å². The molecule has 1 aromatic rings. The van der Waals surface area contributed by atoms with Gasteiger partial charge in [0.05, 0.1) is 11.4 Å². The third-order valence-corrected chi connectivity index (χ3v) is 3.98. The van der Waals surface area contributed by atoms with Gasteiger partial charge < -0.3 is 15.7 Å². The van der Waals surface area contributed by atoms with Gasteiger partial charge in [-0.05, 0) is 18.8 Å². The van der Waals surface area contributed by atoms with Crippen molar-refractivity contribution in [1.82, 2.24) is 0 Å². The summed E-state index contributed by atoms with van der Waals surface area (Å²) >= 11 is 1.28. The zero-order chi connectivity index (χ0) is 10.4. The fourth-order valence-electron chi connectivity index (χ4n) is 2.04. The maximum absolute atomic E-state index is 10.9. The molecule has 5 heteroatoms. The summed E-state index contributed by atoms with van der Waals surface area (Å²) in [5.41, 5.74) is 1.73. The highest BCUT2D eigenvalue weighted by atomic mass is 32.1. The molecule has 0 spiro atoms. The summed E-state index contributed by atoms with van der Waals surface area (Å²) in [5.74, 6) is -0.0701. The minimum Gasteiger partial charge on any atom is -0.477 e. The number of hydrogen-bond acceptors (Lipinski definition) is 4. The van der Waals surface area contributed by atoms with Crippen LogP contribution in [0.3, 0.4) is 0 Å². The molecule has 1 aromatic heterocycles. The molecule has 1 unspecified atom stereocenters. The number of aromatic carboxylic acids is 1. The second kappa shape index (κ2) is 3.13. The molecule has 2 aliphatic rings. The van der Waals surface area contributed by atoms with Gasteiger partial charge in [-0.3, -0.25) is 0 Å². The monoisotopic (exact) mass is 224 g/mol. The van der Waals surface area contributed by atoms with Crippen LogP contribution in [0.25, 0.3) is 0 Å². The molecular weight excluding hydrogens is 212 g/mol. The first-order valence-corrected chi connectivity index (χ1v) is 5.99. The summed E-state index contributed by atoms with van der Waals surface area (Å²) in [5, 5.41) is 17.5. The molecule has 1 saturated carbocycles. The highest BCUT2D eigenvalue weighted by Gasteiger charge is 2.34. The van der Waals surface area contributed by atoms with Crippen molar-refractivity contribution < 1.29 is 9.90 Å². The molecule has 15 heavy (non-hydrogen) atoms. The van der Waals surface area contributed by atoms with Gasteiger partial charge >= 0.3 is 5.97 Å². The Bertz CT molecular complexity index is 412.